The molecule has 3 aromatic rings. The lowest BCUT2D eigenvalue weighted by Crippen LogP contribution is -2.51. The third-order valence-electron chi connectivity index (χ3n) is 7.34. The molecule has 37 heavy (non-hydrogen) atoms. The number of carbonyl (C=O) groups excluding carboxylic acids is 4. The number of methoxy groups -OCH3 is 2. The Bertz CT molecular complexity index is 1460. The molecule has 8 nitrogen and oxygen atoms in total. The van der Waals surface area contributed by atoms with Gasteiger partial charge in [0.1, 0.15) is 0 Å². The third kappa shape index (κ3) is 3.06. The number of Topliss-reactive ketones (excluding diaryl/α,β-unsaturated/α-hetero) is 2. The molecule has 1 spiro atoms. The molecule has 0 N–H and O–H groups in total. The summed E-state index contributed by atoms with van der Waals surface area (Å²) in [7, 11) is 2.91. The largest absolute Gasteiger partial charge is 0.493 e. The normalized spacial score (nSPS) is 23.5. The molecular formula is C28H20ClNO7. The zero-order chi connectivity index (χ0) is 26.1. The number of halogens is 1. The van der Waals surface area contributed by atoms with Gasteiger partial charge in [-0.25, -0.2) is 4.90 Å². The lowest BCUT2D eigenvalue weighted by molar-refractivity contribution is -0.127. The van der Waals surface area contributed by atoms with Crippen LogP contribution in [0.3, 0.4) is 0 Å². The third-order valence-corrected chi connectivity index (χ3v) is 7.59. The number of rotatable bonds is 4. The molecule has 2 fully saturated rings. The van der Waals surface area contributed by atoms with Crippen molar-refractivity contribution in [3.05, 3.63) is 88.4 Å². The van der Waals surface area contributed by atoms with Gasteiger partial charge in [-0.3, -0.25) is 19.2 Å². The van der Waals surface area contributed by atoms with Gasteiger partial charge in [0.25, 0.3) is 0 Å². The van der Waals surface area contributed by atoms with E-state index in [-0.39, 0.29) is 16.8 Å². The summed E-state index contributed by atoms with van der Waals surface area (Å²) in [6.45, 7) is 0. The lowest BCUT2D eigenvalue weighted by atomic mass is 9.77. The number of ketones is 2. The van der Waals surface area contributed by atoms with Gasteiger partial charge in [-0.05, 0) is 29.8 Å². The molecule has 186 valence electrons. The van der Waals surface area contributed by atoms with Crippen LogP contribution >= 0.6 is 11.6 Å². The van der Waals surface area contributed by atoms with Gasteiger partial charge in [-0.2, -0.15) is 0 Å². The second-order valence-electron chi connectivity index (χ2n) is 9.08. The number of hydrogen-bond acceptors (Lipinski definition) is 7. The van der Waals surface area contributed by atoms with Crippen LogP contribution in [-0.2, 0) is 14.3 Å². The van der Waals surface area contributed by atoms with Crippen molar-refractivity contribution in [3.8, 4) is 11.5 Å². The first-order valence-electron chi connectivity index (χ1n) is 11.5. The van der Waals surface area contributed by atoms with Gasteiger partial charge in [-0.15, -0.1) is 0 Å². The van der Waals surface area contributed by atoms with Crippen molar-refractivity contribution in [2.24, 2.45) is 11.8 Å². The van der Waals surface area contributed by atoms with Gasteiger partial charge < -0.3 is 14.2 Å². The highest BCUT2D eigenvalue weighted by molar-refractivity contribution is 6.37. The Morgan fingerprint density at radius 1 is 0.811 bits per heavy atom. The maximum absolute atomic E-state index is 14.0. The predicted molar refractivity (Wildman–Crippen MR) is 132 cm³/mol. The molecule has 2 amide bonds. The smallest absolute Gasteiger partial charge is 0.241 e. The van der Waals surface area contributed by atoms with Crippen LogP contribution in [0.25, 0.3) is 0 Å². The summed E-state index contributed by atoms with van der Waals surface area (Å²) in [6, 6.07) is 17.6. The van der Waals surface area contributed by atoms with E-state index in [1.54, 1.807) is 48.5 Å². The molecule has 6 rings (SSSR count). The topological polar surface area (TPSA) is 99.2 Å². The van der Waals surface area contributed by atoms with Crippen LogP contribution in [0.15, 0.2) is 66.7 Å². The SMILES string of the molecule is COc1ccc(N2C(=O)[C@H]3[C@@H](C2=O)C2(O[C@H]3c3ccc(Cl)cc3)C(=O)c3ccccc3C2=O)cc1OC. The predicted octanol–water partition coefficient (Wildman–Crippen LogP) is 4.05. The summed E-state index contributed by atoms with van der Waals surface area (Å²) in [5, 5.41) is 0.467. The van der Waals surface area contributed by atoms with E-state index in [2.05, 4.69) is 0 Å². The number of anilines is 1. The van der Waals surface area contributed by atoms with Crippen molar-refractivity contribution < 1.29 is 33.4 Å². The number of amides is 2. The Labute approximate surface area is 216 Å². The van der Waals surface area contributed by atoms with Crippen LogP contribution in [0.1, 0.15) is 32.4 Å². The van der Waals surface area contributed by atoms with Gasteiger partial charge in [0.2, 0.25) is 29.0 Å². The maximum Gasteiger partial charge on any atom is 0.241 e. The van der Waals surface area contributed by atoms with Crippen LogP contribution in [0.2, 0.25) is 5.02 Å². The standard InChI is InChI=1S/C28H20ClNO7/c1-35-19-12-11-16(13-20(19)36-2)30-26(33)21-22(27(30)34)28(37-23(21)14-7-9-15(29)10-8-14)24(31)17-5-3-4-6-18(17)25(28)32/h3-13,21-23H,1-2H3/t21-,22-,23-/m0/s1. The minimum absolute atomic E-state index is 0.174. The average molecular weight is 518 g/mol. The number of ether oxygens (including phenoxy) is 3. The summed E-state index contributed by atoms with van der Waals surface area (Å²) in [4.78, 5) is 56.6. The molecule has 1 aliphatic carbocycles. The number of benzene rings is 3. The number of nitrogens with zero attached hydrogens (tertiary/aromatic N) is 1. The first-order chi connectivity index (χ1) is 17.8. The van der Waals surface area contributed by atoms with Gasteiger partial charge in [-0.1, -0.05) is 48.0 Å². The van der Waals surface area contributed by atoms with Crippen molar-refractivity contribution in [1.82, 2.24) is 0 Å². The van der Waals surface area contributed by atoms with E-state index in [0.29, 0.717) is 22.1 Å². The summed E-state index contributed by atoms with van der Waals surface area (Å²) >= 11 is 6.07. The molecule has 0 unspecified atom stereocenters. The molecule has 0 radical (unpaired) electrons. The minimum atomic E-state index is -2.14. The Hall–Kier alpha value is -4.01. The van der Waals surface area contributed by atoms with E-state index in [4.69, 9.17) is 25.8 Å². The zero-order valence-corrected chi connectivity index (χ0v) is 20.5. The van der Waals surface area contributed by atoms with E-state index in [1.807, 2.05) is 0 Å². The van der Waals surface area contributed by atoms with E-state index in [0.717, 1.165) is 4.90 Å². The first kappa shape index (κ1) is 23.4. The molecule has 2 aliphatic heterocycles. The van der Waals surface area contributed by atoms with E-state index < -0.39 is 46.9 Å². The lowest BCUT2D eigenvalue weighted by Gasteiger charge is -2.27. The van der Waals surface area contributed by atoms with Crippen LogP contribution in [0, 0.1) is 11.8 Å². The molecule has 3 aliphatic rings. The van der Waals surface area contributed by atoms with Crippen molar-refractivity contribution in [2.75, 3.05) is 19.1 Å². The monoisotopic (exact) mass is 517 g/mol. The zero-order valence-electron chi connectivity index (χ0n) is 19.8. The van der Waals surface area contributed by atoms with Gasteiger partial charge in [0.15, 0.2) is 11.5 Å². The van der Waals surface area contributed by atoms with Gasteiger partial charge in [0, 0.05) is 22.2 Å². The number of carbonyl (C=O) groups is 4. The molecule has 0 aromatic heterocycles. The Kier molecular flexibility index (Phi) is 5.22. The molecular weight excluding hydrogens is 498 g/mol. The van der Waals surface area contributed by atoms with Gasteiger partial charge in [0.05, 0.1) is 37.8 Å². The molecule has 9 heteroatoms. The molecule has 2 saturated heterocycles. The van der Waals surface area contributed by atoms with Crippen molar-refractivity contribution >= 4 is 40.7 Å². The van der Waals surface area contributed by atoms with Crippen molar-refractivity contribution in [1.29, 1.82) is 0 Å². The molecule has 3 aromatic carbocycles. The summed E-state index contributed by atoms with van der Waals surface area (Å²) in [6.07, 6.45) is -1.02. The van der Waals surface area contributed by atoms with E-state index in [9.17, 15) is 19.2 Å². The minimum Gasteiger partial charge on any atom is -0.493 e. The molecule has 3 atom stereocenters. The van der Waals surface area contributed by atoms with Crippen LogP contribution in [0.4, 0.5) is 5.69 Å². The highest BCUT2D eigenvalue weighted by Gasteiger charge is 2.74. The van der Waals surface area contributed by atoms with Crippen LogP contribution < -0.4 is 14.4 Å². The summed E-state index contributed by atoms with van der Waals surface area (Å²) in [5.41, 5.74) is -1.03. The Morgan fingerprint density at radius 3 is 2.03 bits per heavy atom. The van der Waals surface area contributed by atoms with Gasteiger partial charge >= 0.3 is 0 Å². The Balaban J connectivity index is 1.52. The van der Waals surface area contributed by atoms with E-state index >= 15 is 0 Å². The summed E-state index contributed by atoms with van der Waals surface area (Å²) in [5.74, 6) is -4.21. The number of imide groups is 1. The molecule has 2 heterocycles. The number of hydrogen-bond donors (Lipinski definition) is 0. The van der Waals surface area contributed by atoms with Crippen LogP contribution in [0.5, 0.6) is 11.5 Å². The quantitative estimate of drug-likeness (QED) is 0.380. The fraction of sp³-hybridized carbons (Fsp3) is 0.214. The fourth-order valence-electron chi connectivity index (χ4n) is 5.69. The molecule has 0 saturated carbocycles. The average Bonchev–Trinajstić information content (AvgIpc) is 3.48. The Morgan fingerprint density at radius 2 is 1.43 bits per heavy atom. The van der Waals surface area contributed by atoms with Crippen molar-refractivity contribution in [2.45, 2.75) is 11.7 Å². The second kappa shape index (κ2) is 8.26. The molecule has 0 bridgehead atoms. The second-order valence-corrected chi connectivity index (χ2v) is 9.52. The van der Waals surface area contributed by atoms with E-state index in [1.165, 1.54) is 32.4 Å². The van der Waals surface area contributed by atoms with Crippen LogP contribution in [-0.4, -0.2) is 43.2 Å². The maximum atomic E-state index is 14.0. The highest BCUT2D eigenvalue weighted by atomic mass is 35.5. The number of fused-ring (bicyclic) bond motifs is 3. The fourth-order valence-corrected chi connectivity index (χ4v) is 5.82. The van der Waals surface area contributed by atoms with Crippen molar-refractivity contribution in [3.63, 3.8) is 0 Å². The first-order valence-corrected chi connectivity index (χ1v) is 11.9. The highest BCUT2D eigenvalue weighted by Crippen LogP contribution is 2.58. The summed E-state index contributed by atoms with van der Waals surface area (Å²) < 4.78 is 16.9.